The van der Waals surface area contributed by atoms with Gasteiger partial charge in [0.2, 0.25) is 0 Å². The minimum Gasteiger partial charge on any atom is -0.343 e. The Balaban J connectivity index is 1.86. The number of rotatable bonds is 2. The Bertz CT molecular complexity index is 816. The minimum atomic E-state index is -1.06. The molecule has 2 amide bonds. The highest BCUT2D eigenvalue weighted by Crippen LogP contribution is 2.23. The number of hydrogen-bond donors (Lipinski definition) is 1. The van der Waals surface area contributed by atoms with Gasteiger partial charge in [-0.3, -0.25) is 14.7 Å². The molecule has 0 radical (unpaired) electrons. The lowest BCUT2D eigenvalue weighted by Gasteiger charge is -2.27. The molecule has 2 heterocycles. The molecule has 1 aromatic carbocycles. The molecule has 6 nitrogen and oxygen atoms in total. The Morgan fingerprint density at radius 2 is 2.00 bits per heavy atom. The molecule has 1 aliphatic heterocycles. The Hall–Kier alpha value is -2.77. The smallest absolute Gasteiger partial charge is 0.274 e. The molecule has 126 valence electrons. The van der Waals surface area contributed by atoms with E-state index in [0.29, 0.717) is 18.5 Å². The van der Waals surface area contributed by atoms with E-state index in [0.717, 1.165) is 17.8 Å². The van der Waals surface area contributed by atoms with E-state index in [1.54, 1.807) is 14.1 Å². The topological polar surface area (TPSA) is 69.3 Å². The summed E-state index contributed by atoms with van der Waals surface area (Å²) in [6, 6.07) is 3.06. The average molecular weight is 334 g/mol. The van der Waals surface area contributed by atoms with Crippen LogP contribution >= 0.6 is 0 Å². The Morgan fingerprint density at radius 1 is 1.25 bits per heavy atom. The van der Waals surface area contributed by atoms with Crippen molar-refractivity contribution in [2.75, 3.05) is 20.6 Å². The summed E-state index contributed by atoms with van der Waals surface area (Å²) in [4.78, 5) is 27.6. The van der Waals surface area contributed by atoms with Crippen molar-refractivity contribution in [3.8, 4) is 0 Å². The molecule has 0 saturated heterocycles. The van der Waals surface area contributed by atoms with E-state index in [9.17, 15) is 18.4 Å². The van der Waals surface area contributed by atoms with Crippen molar-refractivity contribution in [3.63, 3.8) is 0 Å². The molecule has 1 N–H and O–H groups in total. The Labute approximate surface area is 137 Å². The van der Waals surface area contributed by atoms with Crippen molar-refractivity contribution < 1.29 is 18.4 Å². The number of amides is 2. The fourth-order valence-electron chi connectivity index (χ4n) is 2.67. The van der Waals surface area contributed by atoms with E-state index in [1.165, 1.54) is 15.9 Å². The summed E-state index contributed by atoms with van der Waals surface area (Å²) in [5.41, 5.74) is 1.82. The molecule has 24 heavy (non-hydrogen) atoms. The van der Waals surface area contributed by atoms with Gasteiger partial charge in [-0.05, 0) is 18.2 Å². The minimum absolute atomic E-state index is 0.0707. The highest BCUT2D eigenvalue weighted by Gasteiger charge is 2.29. The van der Waals surface area contributed by atoms with E-state index in [2.05, 4.69) is 10.2 Å². The fraction of sp³-hybridized carbons (Fsp3) is 0.312. The van der Waals surface area contributed by atoms with E-state index in [4.69, 9.17) is 0 Å². The van der Waals surface area contributed by atoms with Crippen LogP contribution in [-0.4, -0.2) is 52.5 Å². The van der Waals surface area contributed by atoms with Crippen LogP contribution in [0, 0.1) is 11.6 Å². The third kappa shape index (κ3) is 2.75. The number of nitrogens with one attached hydrogen (secondary N) is 1. The van der Waals surface area contributed by atoms with Gasteiger partial charge in [-0.2, -0.15) is 5.10 Å². The molecule has 0 bridgehead atoms. The lowest BCUT2D eigenvalue weighted by atomic mass is 10.0. The molecule has 0 aliphatic carbocycles. The molecular weight excluding hydrogens is 318 g/mol. The number of halogens is 2. The summed E-state index contributed by atoms with van der Waals surface area (Å²) in [6.45, 7) is 0.598. The average Bonchev–Trinajstić information content (AvgIpc) is 2.98. The van der Waals surface area contributed by atoms with Gasteiger partial charge in [-0.15, -0.1) is 0 Å². The second-order valence-corrected chi connectivity index (χ2v) is 5.83. The second-order valence-electron chi connectivity index (χ2n) is 5.83. The molecule has 8 heteroatoms. The van der Waals surface area contributed by atoms with Gasteiger partial charge in [-0.25, -0.2) is 8.78 Å². The van der Waals surface area contributed by atoms with Gasteiger partial charge < -0.3 is 9.80 Å². The zero-order valence-electron chi connectivity index (χ0n) is 13.3. The van der Waals surface area contributed by atoms with E-state index in [-0.39, 0.29) is 23.7 Å². The van der Waals surface area contributed by atoms with E-state index < -0.39 is 17.5 Å². The van der Waals surface area contributed by atoms with E-state index >= 15 is 0 Å². The molecule has 0 spiro atoms. The van der Waals surface area contributed by atoms with Crippen LogP contribution in [0.25, 0.3) is 0 Å². The predicted molar refractivity (Wildman–Crippen MR) is 81.4 cm³/mol. The lowest BCUT2D eigenvalue weighted by Crippen LogP contribution is -2.37. The molecule has 0 fully saturated rings. The number of aromatic nitrogens is 2. The summed E-state index contributed by atoms with van der Waals surface area (Å²) >= 11 is 0. The van der Waals surface area contributed by atoms with Crippen LogP contribution in [0.1, 0.15) is 32.1 Å². The van der Waals surface area contributed by atoms with Gasteiger partial charge in [0.15, 0.2) is 17.3 Å². The van der Waals surface area contributed by atoms with Crippen molar-refractivity contribution in [1.29, 1.82) is 0 Å². The Morgan fingerprint density at radius 3 is 2.67 bits per heavy atom. The van der Waals surface area contributed by atoms with Gasteiger partial charge in [0.25, 0.3) is 11.8 Å². The summed E-state index contributed by atoms with van der Waals surface area (Å²) in [6.07, 6.45) is 0.512. The standard InChI is InChI=1S/C16H16F2N4O2/c1-21(2)16(24)14-10-8-22(6-5-13(10)19-20-14)15(23)9-3-4-11(17)12(18)7-9/h3-4,7H,5-6,8H2,1-2H3,(H,19,20). The summed E-state index contributed by atoms with van der Waals surface area (Å²) in [5, 5.41) is 6.88. The van der Waals surface area contributed by atoms with Crippen LogP contribution in [0.4, 0.5) is 8.78 Å². The molecule has 0 saturated carbocycles. The van der Waals surface area contributed by atoms with Gasteiger partial charge >= 0.3 is 0 Å². The molecular formula is C16H16F2N4O2. The van der Waals surface area contributed by atoms with Gasteiger partial charge in [0.1, 0.15) is 0 Å². The summed E-state index contributed by atoms with van der Waals surface area (Å²) in [5.74, 6) is -2.73. The molecule has 0 atom stereocenters. The largest absolute Gasteiger partial charge is 0.343 e. The lowest BCUT2D eigenvalue weighted by molar-refractivity contribution is 0.0726. The third-order valence-corrected chi connectivity index (χ3v) is 4.00. The molecule has 1 aromatic heterocycles. The summed E-state index contributed by atoms with van der Waals surface area (Å²) < 4.78 is 26.4. The monoisotopic (exact) mass is 334 g/mol. The molecule has 3 rings (SSSR count). The number of fused-ring (bicyclic) bond motifs is 1. The maximum Gasteiger partial charge on any atom is 0.274 e. The van der Waals surface area contributed by atoms with Crippen molar-refractivity contribution in [3.05, 3.63) is 52.3 Å². The quantitative estimate of drug-likeness (QED) is 0.907. The van der Waals surface area contributed by atoms with Crippen molar-refractivity contribution in [2.24, 2.45) is 0 Å². The first-order chi connectivity index (χ1) is 11.4. The maximum atomic E-state index is 13.3. The number of aromatic amines is 1. The number of nitrogens with zero attached hydrogens (tertiary/aromatic N) is 3. The third-order valence-electron chi connectivity index (χ3n) is 4.00. The van der Waals surface area contributed by atoms with Gasteiger partial charge in [-0.1, -0.05) is 0 Å². The first-order valence-corrected chi connectivity index (χ1v) is 7.40. The highest BCUT2D eigenvalue weighted by atomic mass is 19.2. The molecule has 2 aromatic rings. The maximum absolute atomic E-state index is 13.3. The number of H-pyrrole nitrogens is 1. The first kappa shape index (κ1) is 16.1. The van der Waals surface area contributed by atoms with Crippen LogP contribution in [0.3, 0.4) is 0 Å². The number of carbonyl (C=O) groups is 2. The van der Waals surface area contributed by atoms with Gasteiger partial charge in [0.05, 0.1) is 6.54 Å². The number of hydrogen-bond acceptors (Lipinski definition) is 3. The number of carbonyl (C=O) groups excluding carboxylic acids is 2. The zero-order valence-corrected chi connectivity index (χ0v) is 13.3. The second kappa shape index (κ2) is 6.03. The normalized spacial score (nSPS) is 13.6. The van der Waals surface area contributed by atoms with Crippen LogP contribution in [0.5, 0.6) is 0 Å². The highest BCUT2D eigenvalue weighted by molar-refractivity contribution is 5.96. The van der Waals surface area contributed by atoms with Crippen LogP contribution in [0.15, 0.2) is 18.2 Å². The molecule has 0 unspecified atom stereocenters. The van der Waals surface area contributed by atoms with Crippen molar-refractivity contribution >= 4 is 11.8 Å². The Kier molecular flexibility index (Phi) is 4.04. The molecule has 1 aliphatic rings. The fourth-order valence-corrected chi connectivity index (χ4v) is 2.67. The van der Waals surface area contributed by atoms with Crippen molar-refractivity contribution in [2.45, 2.75) is 13.0 Å². The van der Waals surface area contributed by atoms with Crippen molar-refractivity contribution in [1.82, 2.24) is 20.0 Å². The van der Waals surface area contributed by atoms with Crippen LogP contribution in [0.2, 0.25) is 0 Å². The first-order valence-electron chi connectivity index (χ1n) is 7.40. The predicted octanol–water partition coefficient (Wildman–Crippen LogP) is 1.59. The summed E-state index contributed by atoms with van der Waals surface area (Å²) in [7, 11) is 3.24. The SMILES string of the molecule is CN(C)C(=O)c1n[nH]c2c1CN(C(=O)c1ccc(F)c(F)c1)CC2. The van der Waals surface area contributed by atoms with E-state index in [1.807, 2.05) is 0 Å². The number of benzene rings is 1. The van der Waals surface area contributed by atoms with Gasteiger partial charge in [0, 0.05) is 43.9 Å². The van der Waals surface area contributed by atoms with Crippen LogP contribution < -0.4 is 0 Å². The zero-order chi connectivity index (χ0) is 17.4. The van der Waals surface area contributed by atoms with Crippen LogP contribution in [-0.2, 0) is 13.0 Å².